The van der Waals surface area contributed by atoms with Crippen LogP contribution in [-0.2, 0) is 25.5 Å². The van der Waals surface area contributed by atoms with Gasteiger partial charge in [0.2, 0.25) is 0 Å². The molecule has 120 valence electrons. The fourth-order valence-electron chi connectivity index (χ4n) is 2.25. The van der Waals surface area contributed by atoms with E-state index >= 15 is 0 Å². The highest BCUT2D eigenvalue weighted by Gasteiger charge is 2.28. The van der Waals surface area contributed by atoms with Crippen molar-refractivity contribution in [3.8, 4) is 0 Å². The van der Waals surface area contributed by atoms with Gasteiger partial charge in [-0.15, -0.1) is 6.58 Å². The quantitative estimate of drug-likeness (QED) is 0.400. The summed E-state index contributed by atoms with van der Waals surface area (Å²) in [6.45, 7) is 3.85. The average molecular weight is 369 g/mol. The Morgan fingerprint density at radius 1 is 1.18 bits per heavy atom. The molecule has 1 unspecified atom stereocenters. The van der Waals surface area contributed by atoms with Gasteiger partial charge in [0.25, 0.3) is 0 Å². The highest BCUT2D eigenvalue weighted by Crippen LogP contribution is 2.24. The molecule has 0 aliphatic heterocycles. The van der Waals surface area contributed by atoms with E-state index in [-0.39, 0.29) is 5.92 Å². The van der Waals surface area contributed by atoms with E-state index in [0.29, 0.717) is 12.8 Å². The molecular weight excluding hydrogens is 348 g/mol. The first-order valence-corrected chi connectivity index (χ1v) is 7.84. The van der Waals surface area contributed by atoms with Gasteiger partial charge < -0.3 is 9.47 Å². The number of allylic oxidation sites excluding steroid dienone is 1. The van der Waals surface area contributed by atoms with E-state index in [1.165, 1.54) is 19.8 Å². The highest BCUT2D eigenvalue weighted by molar-refractivity contribution is 9.10. The van der Waals surface area contributed by atoms with Crippen LogP contribution < -0.4 is 0 Å². The number of esters is 2. The zero-order valence-corrected chi connectivity index (χ0v) is 14.5. The molecule has 0 spiro atoms. The first kappa shape index (κ1) is 18.4. The van der Waals surface area contributed by atoms with Crippen LogP contribution in [0.25, 0.3) is 0 Å². The second kappa shape index (κ2) is 9.41. The molecule has 1 atom stereocenters. The van der Waals surface area contributed by atoms with Crippen LogP contribution in [0.5, 0.6) is 0 Å². The van der Waals surface area contributed by atoms with Crippen LogP contribution in [0, 0.1) is 11.8 Å². The molecule has 1 aromatic rings. The maximum atomic E-state index is 11.7. The third-order valence-corrected chi connectivity index (χ3v) is 4.34. The number of halogens is 1. The van der Waals surface area contributed by atoms with Crippen molar-refractivity contribution < 1.29 is 19.1 Å². The van der Waals surface area contributed by atoms with Gasteiger partial charge in [0.1, 0.15) is 0 Å². The summed E-state index contributed by atoms with van der Waals surface area (Å²) in [4.78, 5) is 23.3. The van der Waals surface area contributed by atoms with Crippen molar-refractivity contribution in [3.63, 3.8) is 0 Å². The van der Waals surface area contributed by atoms with Gasteiger partial charge in [-0.1, -0.05) is 40.2 Å². The summed E-state index contributed by atoms with van der Waals surface area (Å²) in [5.74, 6) is -1.83. The zero-order valence-electron chi connectivity index (χ0n) is 12.9. The first-order chi connectivity index (χ1) is 10.5. The number of hydrogen-bond acceptors (Lipinski definition) is 4. The van der Waals surface area contributed by atoms with E-state index in [2.05, 4.69) is 32.0 Å². The van der Waals surface area contributed by atoms with Crippen LogP contribution in [0.1, 0.15) is 18.4 Å². The molecule has 0 N–H and O–H groups in total. The number of rotatable bonds is 8. The number of carbonyl (C=O) groups is 2. The fraction of sp³-hybridized carbons (Fsp3) is 0.412. The molecule has 0 aromatic heterocycles. The van der Waals surface area contributed by atoms with Crippen molar-refractivity contribution in [3.05, 3.63) is 47.0 Å². The SMILES string of the molecule is C=CC(CCC(C(=O)OC)C(=O)OC)Cc1ccccc1Br. The lowest BCUT2D eigenvalue weighted by Gasteiger charge is -2.17. The summed E-state index contributed by atoms with van der Waals surface area (Å²) in [6, 6.07) is 7.97. The third kappa shape index (κ3) is 5.30. The van der Waals surface area contributed by atoms with E-state index in [4.69, 9.17) is 0 Å². The summed E-state index contributed by atoms with van der Waals surface area (Å²) < 4.78 is 10.4. The van der Waals surface area contributed by atoms with E-state index < -0.39 is 17.9 Å². The van der Waals surface area contributed by atoms with Crippen LogP contribution in [0.2, 0.25) is 0 Å². The van der Waals surface area contributed by atoms with Gasteiger partial charge in [-0.25, -0.2) is 0 Å². The Labute approximate surface area is 139 Å². The van der Waals surface area contributed by atoms with Gasteiger partial charge >= 0.3 is 11.9 Å². The van der Waals surface area contributed by atoms with Gasteiger partial charge in [-0.05, 0) is 36.8 Å². The minimum Gasteiger partial charge on any atom is -0.468 e. The number of benzene rings is 1. The van der Waals surface area contributed by atoms with Crippen LogP contribution in [0.4, 0.5) is 0 Å². The Morgan fingerprint density at radius 2 is 1.77 bits per heavy atom. The van der Waals surface area contributed by atoms with Crippen molar-refractivity contribution in [2.45, 2.75) is 19.3 Å². The number of ether oxygens (including phenoxy) is 2. The maximum Gasteiger partial charge on any atom is 0.320 e. The molecule has 0 bridgehead atoms. The highest BCUT2D eigenvalue weighted by atomic mass is 79.9. The second-order valence-corrected chi connectivity index (χ2v) is 5.82. The van der Waals surface area contributed by atoms with Gasteiger partial charge in [0, 0.05) is 4.47 Å². The molecule has 0 saturated heterocycles. The predicted molar refractivity (Wildman–Crippen MR) is 88.3 cm³/mol. The summed E-state index contributed by atoms with van der Waals surface area (Å²) in [5, 5.41) is 0. The largest absolute Gasteiger partial charge is 0.468 e. The zero-order chi connectivity index (χ0) is 16.5. The predicted octanol–water partition coefficient (Wildman–Crippen LogP) is 3.54. The average Bonchev–Trinajstić information content (AvgIpc) is 2.54. The standard InChI is InChI=1S/C17H21BrO4/c1-4-12(11-13-7-5-6-8-15(13)18)9-10-14(16(19)21-2)17(20)22-3/h4-8,12,14H,1,9-11H2,2-3H3. The van der Waals surface area contributed by atoms with Crippen molar-refractivity contribution in [2.75, 3.05) is 14.2 Å². The van der Waals surface area contributed by atoms with Crippen LogP contribution in [0.3, 0.4) is 0 Å². The molecule has 0 fully saturated rings. The third-order valence-electron chi connectivity index (χ3n) is 3.57. The molecule has 0 aliphatic carbocycles. The van der Waals surface area contributed by atoms with E-state index in [9.17, 15) is 9.59 Å². The summed E-state index contributed by atoms with van der Waals surface area (Å²) >= 11 is 3.52. The van der Waals surface area contributed by atoms with E-state index in [1.54, 1.807) is 0 Å². The van der Waals surface area contributed by atoms with Crippen LogP contribution in [0.15, 0.2) is 41.4 Å². The number of methoxy groups -OCH3 is 2. The summed E-state index contributed by atoms with van der Waals surface area (Å²) in [5.41, 5.74) is 1.17. The molecule has 1 rings (SSSR count). The lowest BCUT2D eigenvalue weighted by molar-refractivity contribution is -0.159. The van der Waals surface area contributed by atoms with Gasteiger partial charge in [-0.3, -0.25) is 9.59 Å². The second-order valence-electron chi connectivity index (χ2n) is 4.97. The van der Waals surface area contributed by atoms with Gasteiger partial charge in [-0.2, -0.15) is 0 Å². The van der Waals surface area contributed by atoms with Crippen molar-refractivity contribution in [2.24, 2.45) is 11.8 Å². The molecule has 0 amide bonds. The molecule has 0 saturated carbocycles. The summed E-state index contributed by atoms with van der Waals surface area (Å²) in [6.07, 6.45) is 3.67. The van der Waals surface area contributed by atoms with E-state index in [1.807, 2.05) is 30.3 Å². The lowest BCUT2D eigenvalue weighted by Crippen LogP contribution is -2.27. The molecule has 1 aromatic carbocycles. The number of carbonyl (C=O) groups excluding carboxylic acids is 2. The minimum absolute atomic E-state index is 0.163. The first-order valence-electron chi connectivity index (χ1n) is 7.05. The van der Waals surface area contributed by atoms with Crippen LogP contribution in [-0.4, -0.2) is 26.2 Å². The monoisotopic (exact) mass is 368 g/mol. The van der Waals surface area contributed by atoms with Crippen molar-refractivity contribution >= 4 is 27.9 Å². The van der Waals surface area contributed by atoms with E-state index in [0.717, 1.165) is 10.9 Å². The molecule has 22 heavy (non-hydrogen) atoms. The topological polar surface area (TPSA) is 52.6 Å². The molecule has 4 nitrogen and oxygen atoms in total. The number of hydrogen-bond donors (Lipinski definition) is 0. The molecule has 5 heteroatoms. The molecule has 0 aliphatic rings. The normalized spacial score (nSPS) is 11.8. The Bertz CT molecular complexity index is 511. The van der Waals surface area contributed by atoms with Crippen molar-refractivity contribution in [1.82, 2.24) is 0 Å². The lowest BCUT2D eigenvalue weighted by atomic mass is 9.91. The van der Waals surface area contributed by atoms with Gasteiger partial charge in [0.15, 0.2) is 5.92 Å². The Balaban J connectivity index is 2.69. The molecule has 0 heterocycles. The Kier molecular flexibility index (Phi) is 7.88. The Hall–Kier alpha value is -1.62. The minimum atomic E-state index is -0.878. The Morgan fingerprint density at radius 3 is 2.27 bits per heavy atom. The summed E-state index contributed by atoms with van der Waals surface area (Å²) in [7, 11) is 2.54. The van der Waals surface area contributed by atoms with Crippen LogP contribution >= 0.6 is 15.9 Å². The van der Waals surface area contributed by atoms with Gasteiger partial charge in [0.05, 0.1) is 14.2 Å². The smallest absolute Gasteiger partial charge is 0.320 e. The van der Waals surface area contributed by atoms with Crippen molar-refractivity contribution in [1.29, 1.82) is 0 Å². The molecule has 0 radical (unpaired) electrons. The maximum absolute atomic E-state index is 11.7. The fourth-order valence-corrected chi connectivity index (χ4v) is 2.69. The molecular formula is C17H21BrO4.